The number of anilines is 2. The average molecular weight is 376 g/mol. The van der Waals surface area contributed by atoms with Crippen molar-refractivity contribution in [3.63, 3.8) is 0 Å². The first-order valence-corrected chi connectivity index (χ1v) is 6.95. The first kappa shape index (κ1) is 15.1. The van der Waals surface area contributed by atoms with Crippen LogP contribution in [0.15, 0.2) is 34.8 Å². The Morgan fingerprint density at radius 3 is 2.55 bits per heavy atom. The normalized spacial score (nSPS) is 10.2. The van der Waals surface area contributed by atoms with E-state index in [4.69, 9.17) is 29.0 Å². The summed E-state index contributed by atoms with van der Waals surface area (Å²) in [6, 6.07) is 8.12. The Balaban J connectivity index is 2.25. The number of aromatic nitrogens is 1. The summed E-state index contributed by atoms with van der Waals surface area (Å²) in [5.74, 6) is 5.15. The van der Waals surface area contributed by atoms with Crippen molar-refractivity contribution in [1.82, 2.24) is 4.98 Å². The highest BCUT2D eigenvalue weighted by molar-refractivity contribution is 9.10. The van der Waals surface area contributed by atoms with E-state index in [1.54, 1.807) is 24.3 Å². The van der Waals surface area contributed by atoms with E-state index in [0.717, 1.165) is 0 Å². The second kappa shape index (κ2) is 6.41. The van der Waals surface area contributed by atoms with Crippen LogP contribution < -0.4 is 16.6 Å². The summed E-state index contributed by atoms with van der Waals surface area (Å²) in [4.78, 5) is 16.1. The van der Waals surface area contributed by atoms with Gasteiger partial charge in [-0.1, -0.05) is 23.2 Å². The second-order valence-corrected chi connectivity index (χ2v) is 5.42. The van der Waals surface area contributed by atoms with Gasteiger partial charge in [-0.15, -0.1) is 0 Å². The van der Waals surface area contributed by atoms with E-state index in [1.165, 1.54) is 6.07 Å². The van der Waals surface area contributed by atoms with Crippen molar-refractivity contribution in [2.24, 2.45) is 5.84 Å². The third-order valence-electron chi connectivity index (χ3n) is 2.39. The monoisotopic (exact) mass is 374 g/mol. The number of benzene rings is 1. The van der Waals surface area contributed by atoms with Crippen LogP contribution in [0.5, 0.6) is 0 Å². The van der Waals surface area contributed by atoms with E-state index in [-0.39, 0.29) is 10.7 Å². The molecule has 1 aromatic carbocycles. The maximum atomic E-state index is 12.1. The molecule has 0 saturated carbocycles. The zero-order valence-electron chi connectivity index (χ0n) is 9.95. The molecule has 0 bridgehead atoms. The zero-order chi connectivity index (χ0) is 14.7. The summed E-state index contributed by atoms with van der Waals surface area (Å²) in [5, 5.41) is 3.46. The number of nitrogens with one attached hydrogen (secondary N) is 2. The lowest BCUT2D eigenvalue weighted by Gasteiger charge is -2.08. The highest BCUT2D eigenvalue weighted by Gasteiger charge is 2.14. The van der Waals surface area contributed by atoms with Gasteiger partial charge in [-0.3, -0.25) is 4.79 Å². The molecule has 1 aromatic heterocycles. The van der Waals surface area contributed by atoms with Gasteiger partial charge >= 0.3 is 0 Å². The Kier molecular flexibility index (Phi) is 4.82. The Bertz CT molecular complexity index is 666. The van der Waals surface area contributed by atoms with Crippen molar-refractivity contribution in [2.45, 2.75) is 0 Å². The molecule has 0 fully saturated rings. The maximum absolute atomic E-state index is 12.1. The van der Waals surface area contributed by atoms with Crippen LogP contribution in [0.3, 0.4) is 0 Å². The fourth-order valence-electron chi connectivity index (χ4n) is 1.45. The van der Waals surface area contributed by atoms with Crippen LogP contribution in [0.4, 0.5) is 11.5 Å². The Labute approximate surface area is 133 Å². The zero-order valence-corrected chi connectivity index (χ0v) is 13.1. The molecular formula is C12H9BrCl2N4O. The lowest BCUT2D eigenvalue weighted by atomic mass is 10.3. The highest BCUT2D eigenvalue weighted by atomic mass is 79.9. The lowest BCUT2D eigenvalue weighted by molar-refractivity contribution is 0.102. The molecule has 0 saturated heterocycles. The Morgan fingerprint density at radius 2 is 1.90 bits per heavy atom. The number of carbonyl (C=O) groups is 1. The molecule has 0 aliphatic heterocycles. The van der Waals surface area contributed by atoms with Crippen LogP contribution >= 0.6 is 39.1 Å². The highest BCUT2D eigenvalue weighted by Crippen LogP contribution is 2.26. The van der Waals surface area contributed by atoms with Gasteiger partial charge < -0.3 is 10.7 Å². The van der Waals surface area contributed by atoms with Gasteiger partial charge in [-0.05, 0) is 46.3 Å². The average Bonchev–Trinajstić information content (AvgIpc) is 2.43. The topological polar surface area (TPSA) is 80.0 Å². The summed E-state index contributed by atoms with van der Waals surface area (Å²) < 4.78 is 0.674. The molecule has 1 heterocycles. The van der Waals surface area contributed by atoms with Gasteiger partial charge in [0.25, 0.3) is 5.91 Å². The van der Waals surface area contributed by atoms with Gasteiger partial charge in [0, 0.05) is 10.2 Å². The standard InChI is InChI=1S/C12H9BrCl2N4O/c13-7-5-6(1-2-8(7)14)17-12(20)11-9(15)3-4-10(18-11)19-16/h1-5H,16H2,(H,17,20)(H,18,19). The third-order valence-corrected chi connectivity index (χ3v) is 3.91. The molecule has 0 aliphatic rings. The van der Waals surface area contributed by atoms with Gasteiger partial charge in [0.05, 0.1) is 10.0 Å². The van der Waals surface area contributed by atoms with Crippen LogP contribution in [0.1, 0.15) is 10.5 Å². The lowest BCUT2D eigenvalue weighted by Crippen LogP contribution is -2.16. The minimum Gasteiger partial charge on any atom is -0.321 e. The van der Waals surface area contributed by atoms with Crippen molar-refractivity contribution in [1.29, 1.82) is 0 Å². The number of hydrazine groups is 1. The summed E-state index contributed by atoms with van der Waals surface area (Å²) in [7, 11) is 0. The molecular weight excluding hydrogens is 367 g/mol. The minimum atomic E-state index is -0.443. The molecule has 5 nitrogen and oxygen atoms in total. The van der Waals surface area contributed by atoms with Gasteiger partial charge in [-0.2, -0.15) is 0 Å². The Morgan fingerprint density at radius 1 is 1.20 bits per heavy atom. The molecule has 0 aliphatic carbocycles. The van der Waals surface area contributed by atoms with Crippen molar-refractivity contribution < 1.29 is 4.79 Å². The fraction of sp³-hybridized carbons (Fsp3) is 0. The fourth-order valence-corrected chi connectivity index (χ4v) is 2.13. The summed E-state index contributed by atoms with van der Waals surface area (Å²) in [6.07, 6.45) is 0. The minimum absolute atomic E-state index is 0.0770. The smallest absolute Gasteiger partial charge is 0.275 e. The molecule has 2 aromatic rings. The van der Waals surface area contributed by atoms with Crippen LogP contribution in [0, 0.1) is 0 Å². The number of rotatable bonds is 3. The molecule has 0 unspecified atom stereocenters. The molecule has 8 heteroatoms. The maximum Gasteiger partial charge on any atom is 0.275 e. The van der Waals surface area contributed by atoms with Crippen molar-refractivity contribution in [2.75, 3.05) is 10.7 Å². The summed E-state index contributed by atoms with van der Waals surface area (Å²) in [6.45, 7) is 0. The van der Waals surface area contributed by atoms with Gasteiger partial charge in [0.15, 0.2) is 0 Å². The molecule has 0 spiro atoms. The van der Waals surface area contributed by atoms with E-state index in [0.29, 0.717) is 21.0 Å². The summed E-state index contributed by atoms with van der Waals surface area (Å²) >= 11 is 15.1. The van der Waals surface area contributed by atoms with E-state index >= 15 is 0 Å². The number of nitrogens with zero attached hydrogens (tertiary/aromatic N) is 1. The predicted molar refractivity (Wildman–Crippen MR) is 84.2 cm³/mol. The van der Waals surface area contributed by atoms with Gasteiger partial charge in [0.1, 0.15) is 11.5 Å². The molecule has 4 N–H and O–H groups in total. The van der Waals surface area contributed by atoms with E-state index < -0.39 is 5.91 Å². The van der Waals surface area contributed by atoms with E-state index in [2.05, 4.69) is 31.7 Å². The molecule has 0 atom stereocenters. The van der Waals surface area contributed by atoms with Crippen molar-refractivity contribution in [3.05, 3.63) is 50.5 Å². The second-order valence-electron chi connectivity index (χ2n) is 3.75. The SMILES string of the molecule is NNc1ccc(Cl)c(C(=O)Nc2ccc(Cl)c(Br)c2)n1. The number of hydrogen-bond acceptors (Lipinski definition) is 4. The predicted octanol–water partition coefficient (Wildman–Crippen LogP) is 3.69. The number of halogens is 3. The molecule has 20 heavy (non-hydrogen) atoms. The van der Waals surface area contributed by atoms with Gasteiger partial charge in [0.2, 0.25) is 0 Å². The number of hydrogen-bond donors (Lipinski definition) is 3. The first-order chi connectivity index (χ1) is 9.51. The van der Waals surface area contributed by atoms with Crippen LogP contribution in [-0.4, -0.2) is 10.9 Å². The number of nitrogen functional groups attached to an aromatic ring is 1. The summed E-state index contributed by atoms with van der Waals surface area (Å²) in [5.41, 5.74) is 3.00. The van der Waals surface area contributed by atoms with Crippen molar-refractivity contribution in [3.8, 4) is 0 Å². The van der Waals surface area contributed by atoms with Crippen molar-refractivity contribution >= 4 is 56.5 Å². The first-order valence-electron chi connectivity index (χ1n) is 5.41. The van der Waals surface area contributed by atoms with E-state index in [1.807, 2.05) is 0 Å². The molecule has 104 valence electrons. The number of carbonyl (C=O) groups excluding carboxylic acids is 1. The van der Waals surface area contributed by atoms with Crippen LogP contribution in [-0.2, 0) is 0 Å². The number of pyridine rings is 1. The molecule has 1 amide bonds. The van der Waals surface area contributed by atoms with Crippen LogP contribution in [0.2, 0.25) is 10.0 Å². The molecule has 2 rings (SSSR count). The van der Waals surface area contributed by atoms with Gasteiger partial charge in [-0.25, -0.2) is 10.8 Å². The van der Waals surface area contributed by atoms with Crippen LogP contribution in [0.25, 0.3) is 0 Å². The molecule has 0 radical (unpaired) electrons. The number of amides is 1. The largest absolute Gasteiger partial charge is 0.321 e. The van der Waals surface area contributed by atoms with E-state index in [9.17, 15) is 4.79 Å². The Hall–Kier alpha value is -1.34. The number of nitrogens with two attached hydrogens (primary N) is 1. The third kappa shape index (κ3) is 3.40. The quantitative estimate of drug-likeness (QED) is 0.564.